The number of nitrogens with zero attached hydrogens (tertiary/aromatic N) is 1. The summed E-state index contributed by atoms with van der Waals surface area (Å²) in [6.07, 6.45) is 0. The standard InChI is InChI=1S/C11H7F4NO2S3/c1-6-5-19-10(16-6)20-8-3-2-7(12)4-9(8)21(17,18)11(13,14)15/h2-5H,1H3. The van der Waals surface area contributed by atoms with Crippen molar-refractivity contribution in [1.29, 1.82) is 0 Å². The number of hydrogen-bond acceptors (Lipinski definition) is 5. The summed E-state index contributed by atoms with van der Waals surface area (Å²) in [5.74, 6) is -1.06. The van der Waals surface area contributed by atoms with Gasteiger partial charge in [-0.15, -0.1) is 11.3 Å². The average molecular weight is 357 g/mol. The van der Waals surface area contributed by atoms with Crippen LogP contribution in [0.5, 0.6) is 0 Å². The van der Waals surface area contributed by atoms with Crippen molar-refractivity contribution in [3.8, 4) is 0 Å². The number of aryl methyl sites for hydroxylation is 1. The fourth-order valence-corrected chi connectivity index (χ4v) is 4.48. The second-order valence-corrected chi connectivity index (χ2v) is 7.95. The van der Waals surface area contributed by atoms with Gasteiger partial charge in [-0.2, -0.15) is 13.2 Å². The smallest absolute Gasteiger partial charge is 0.235 e. The number of alkyl halides is 3. The van der Waals surface area contributed by atoms with Crippen molar-refractivity contribution in [3.63, 3.8) is 0 Å². The van der Waals surface area contributed by atoms with Crippen molar-refractivity contribution in [1.82, 2.24) is 4.98 Å². The number of rotatable bonds is 3. The van der Waals surface area contributed by atoms with Gasteiger partial charge in [-0.3, -0.25) is 0 Å². The monoisotopic (exact) mass is 357 g/mol. The number of hydrogen-bond donors (Lipinski definition) is 0. The van der Waals surface area contributed by atoms with Gasteiger partial charge in [-0.05, 0) is 25.1 Å². The molecule has 2 aromatic rings. The quantitative estimate of drug-likeness (QED) is 0.778. The molecule has 3 nitrogen and oxygen atoms in total. The molecule has 0 saturated carbocycles. The van der Waals surface area contributed by atoms with Gasteiger partial charge < -0.3 is 0 Å². The Hall–Kier alpha value is -1.13. The maximum atomic E-state index is 13.2. The summed E-state index contributed by atoms with van der Waals surface area (Å²) < 4.78 is 74.5. The first-order valence-corrected chi connectivity index (χ1v) is 8.50. The van der Waals surface area contributed by atoms with Crippen LogP contribution in [-0.2, 0) is 9.84 Å². The molecule has 2 rings (SSSR count). The van der Waals surface area contributed by atoms with Crippen molar-refractivity contribution < 1.29 is 26.0 Å². The normalized spacial score (nSPS) is 12.6. The maximum Gasteiger partial charge on any atom is 0.501 e. The maximum absolute atomic E-state index is 13.2. The largest absolute Gasteiger partial charge is 0.501 e. The second-order valence-electron chi connectivity index (χ2n) is 3.90. The van der Waals surface area contributed by atoms with E-state index in [1.54, 1.807) is 12.3 Å². The highest BCUT2D eigenvalue weighted by atomic mass is 32.2. The van der Waals surface area contributed by atoms with Crippen LogP contribution in [0.2, 0.25) is 0 Å². The Morgan fingerprint density at radius 3 is 2.48 bits per heavy atom. The fourth-order valence-electron chi connectivity index (χ4n) is 1.37. The minimum Gasteiger partial charge on any atom is -0.235 e. The predicted octanol–water partition coefficient (Wildman–Crippen LogP) is 4.04. The van der Waals surface area contributed by atoms with E-state index in [1.165, 1.54) is 0 Å². The molecule has 1 aromatic heterocycles. The van der Waals surface area contributed by atoms with Gasteiger partial charge >= 0.3 is 5.51 Å². The van der Waals surface area contributed by atoms with Crippen LogP contribution in [0.1, 0.15) is 5.69 Å². The lowest BCUT2D eigenvalue weighted by molar-refractivity contribution is -0.0437. The van der Waals surface area contributed by atoms with Crippen LogP contribution in [0.4, 0.5) is 17.6 Å². The third kappa shape index (κ3) is 3.38. The molecule has 0 spiro atoms. The molecule has 0 aliphatic rings. The summed E-state index contributed by atoms with van der Waals surface area (Å²) in [6, 6.07) is 2.26. The Morgan fingerprint density at radius 2 is 1.95 bits per heavy atom. The molecule has 21 heavy (non-hydrogen) atoms. The van der Waals surface area contributed by atoms with Crippen molar-refractivity contribution >= 4 is 32.9 Å². The van der Waals surface area contributed by atoms with E-state index in [2.05, 4.69) is 4.98 Å². The Balaban J connectivity index is 2.53. The summed E-state index contributed by atoms with van der Waals surface area (Å²) in [7, 11) is -5.63. The molecule has 0 bridgehead atoms. The first kappa shape index (κ1) is 16.2. The summed E-state index contributed by atoms with van der Waals surface area (Å²) in [5, 5.41) is 1.67. The molecule has 0 saturated heterocycles. The molecular weight excluding hydrogens is 350 g/mol. The summed E-state index contributed by atoms with van der Waals surface area (Å²) in [5.41, 5.74) is -4.83. The molecule has 0 atom stereocenters. The highest BCUT2D eigenvalue weighted by Gasteiger charge is 2.48. The highest BCUT2D eigenvalue weighted by molar-refractivity contribution is 8.02. The van der Waals surface area contributed by atoms with E-state index in [0.717, 1.165) is 35.2 Å². The number of thiazole rings is 1. The summed E-state index contributed by atoms with van der Waals surface area (Å²) in [4.78, 5) is 2.70. The lowest BCUT2D eigenvalue weighted by atomic mass is 10.3. The molecule has 0 aliphatic heterocycles. The van der Waals surface area contributed by atoms with Crippen molar-refractivity contribution in [2.24, 2.45) is 0 Å². The molecule has 10 heteroatoms. The van der Waals surface area contributed by atoms with Gasteiger partial charge in [0.15, 0.2) is 4.34 Å². The molecule has 0 radical (unpaired) electrons. The number of benzene rings is 1. The third-order valence-corrected chi connectivity index (χ3v) is 6.08. The van der Waals surface area contributed by atoms with Crippen LogP contribution in [0.25, 0.3) is 0 Å². The van der Waals surface area contributed by atoms with E-state index in [-0.39, 0.29) is 4.90 Å². The summed E-state index contributed by atoms with van der Waals surface area (Å²) >= 11 is 1.91. The topological polar surface area (TPSA) is 47.0 Å². The molecule has 0 amide bonds. The Bertz CT molecular complexity index is 768. The highest BCUT2D eigenvalue weighted by Crippen LogP contribution is 2.39. The Labute approximate surface area is 125 Å². The van der Waals surface area contributed by atoms with E-state index in [4.69, 9.17) is 0 Å². The van der Waals surface area contributed by atoms with Crippen LogP contribution in [0, 0.1) is 12.7 Å². The SMILES string of the molecule is Cc1csc(Sc2ccc(F)cc2S(=O)(=O)C(F)(F)F)n1. The summed E-state index contributed by atoms with van der Waals surface area (Å²) in [6.45, 7) is 1.69. The van der Waals surface area contributed by atoms with E-state index < -0.39 is 26.1 Å². The predicted molar refractivity (Wildman–Crippen MR) is 70.6 cm³/mol. The molecule has 114 valence electrons. The van der Waals surface area contributed by atoms with E-state index in [0.29, 0.717) is 16.1 Å². The van der Waals surface area contributed by atoms with E-state index >= 15 is 0 Å². The van der Waals surface area contributed by atoms with Gasteiger partial charge in [0.25, 0.3) is 9.84 Å². The second kappa shape index (κ2) is 5.58. The van der Waals surface area contributed by atoms with Crippen molar-refractivity contribution in [2.45, 2.75) is 26.6 Å². The van der Waals surface area contributed by atoms with Crippen LogP contribution in [0.15, 0.2) is 37.7 Å². The number of halogens is 4. The van der Waals surface area contributed by atoms with Gasteiger partial charge in [0.1, 0.15) is 5.82 Å². The number of sulfone groups is 1. The lowest BCUT2D eigenvalue weighted by Crippen LogP contribution is -2.24. The molecule has 1 aromatic carbocycles. The molecular formula is C11H7F4NO2S3. The van der Waals surface area contributed by atoms with Crippen molar-refractivity contribution in [2.75, 3.05) is 0 Å². The van der Waals surface area contributed by atoms with Gasteiger partial charge in [0.05, 0.1) is 4.90 Å². The van der Waals surface area contributed by atoms with Crippen LogP contribution < -0.4 is 0 Å². The number of aromatic nitrogens is 1. The minimum atomic E-state index is -5.63. The van der Waals surface area contributed by atoms with Gasteiger partial charge in [-0.25, -0.2) is 17.8 Å². The average Bonchev–Trinajstić information content (AvgIpc) is 2.75. The van der Waals surface area contributed by atoms with Gasteiger partial charge in [0, 0.05) is 16.0 Å². The molecule has 1 heterocycles. The van der Waals surface area contributed by atoms with Gasteiger partial charge in [-0.1, -0.05) is 11.8 Å². The van der Waals surface area contributed by atoms with Crippen molar-refractivity contribution in [3.05, 3.63) is 35.1 Å². The first-order valence-electron chi connectivity index (χ1n) is 5.32. The lowest BCUT2D eigenvalue weighted by Gasteiger charge is -2.11. The molecule has 0 N–H and O–H groups in total. The molecule has 0 aliphatic carbocycles. The fraction of sp³-hybridized carbons (Fsp3) is 0.182. The third-order valence-electron chi connectivity index (χ3n) is 2.30. The van der Waals surface area contributed by atoms with E-state index in [9.17, 15) is 26.0 Å². The van der Waals surface area contributed by atoms with Gasteiger partial charge in [0.2, 0.25) is 0 Å². The molecule has 0 unspecified atom stereocenters. The molecule has 0 fully saturated rings. The Kier molecular flexibility index (Phi) is 4.31. The zero-order valence-corrected chi connectivity index (χ0v) is 12.8. The van der Waals surface area contributed by atoms with Crippen LogP contribution >= 0.6 is 23.1 Å². The van der Waals surface area contributed by atoms with Crippen LogP contribution in [-0.4, -0.2) is 18.9 Å². The minimum absolute atomic E-state index is 0.219. The van der Waals surface area contributed by atoms with Crippen LogP contribution in [0.3, 0.4) is 0 Å². The first-order chi connectivity index (χ1) is 9.61. The zero-order valence-electron chi connectivity index (χ0n) is 10.3. The Morgan fingerprint density at radius 1 is 1.29 bits per heavy atom. The zero-order chi connectivity index (χ0) is 15.8. The van der Waals surface area contributed by atoms with E-state index in [1.807, 2.05) is 0 Å².